The summed E-state index contributed by atoms with van der Waals surface area (Å²) in [6.07, 6.45) is 1.05. The Bertz CT molecular complexity index is 409. The van der Waals surface area contributed by atoms with E-state index in [0.717, 1.165) is 5.56 Å². The average molecular weight is 262 g/mol. The van der Waals surface area contributed by atoms with Crippen LogP contribution in [0.15, 0.2) is 30.3 Å². The molecule has 0 N–H and O–H groups in total. The van der Waals surface area contributed by atoms with Gasteiger partial charge in [-0.15, -0.1) is 0 Å². The third-order valence-corrected chi connectivity index (χ3v) is 3.06. The largest absolute Gasteiger partial charge is 0.465 e. The van der Waals surface area contributed by atoms with Crippen molar-refractivity contribution in [3.8, 4) is 0 Å². The number of benzene rings is 1. The molecule has 19 heavy (non-hydrogen) atoms. The van der Waals surface area contributed by atoms with Crippen molar-refractivity contribution in [1.82, 2.24) is 0 Å². The number of hydrogen-bond acceptors (Lipinski definition) is 3. The molecule has 1 rings (SSSR count). The average Bonchev–Trinajstić information content (AvgIpc) is 2.37. The number of carbonyl (C=O) groups is 2. The lowest BCUT2D eigenvalue weighted by Gasteiger charge is -2.17. The van der Waals surface area contributed by atoms with Crippen LogP contribution in [0.25, 0.3) is 0 Å². The van der Waals surface area contributed by atoms with E-state index in [9.17, 15) is 9.59 Å². The molecule has 1 atom stereocenters. The molecule has 0 radical (unpaired) electrons. The van der Waals surface area contributed by atoms with E-state index >= 15 is 0 Å². The van der Waals surface area contributed by atoms with Crippen molar-refractivity contribution >= 4 is 11.8 Å². The van der Waals surface area contributed by atoms with Crippen molar-refractivity contribution in [1.29, 1.82) is 0 Å². The quantitative estimate of drug-likeness (QED) is 0.560. The predicted octanol–water partition coefficient (Wildman–Crippen LogP) is 3.02. The summed E-state index contributed by atoms with van der Waals surface area (Å²) >= 11 is 0. The second-order valence-corrected chi connectivity index (χ2v) is 4.93. The van der Waals surface area contributed by atoms with E-state index in [1.165, 1.54) is 0 Å². The van der Waals surface area contributed by atoms with Crippen LogP contribution in [0.1, 0.15) is 32.8 Å². The number of carbonyl (C=O) groups excluding carboxylic acids is 2. The van der Waals surface area contributed by atoms with Crippen LogP contribution in [0.3, 0.4) is 0 Å². The maximum atomic E-state index is 12.2. The molecule has 0 heterocycles. The zero-order chi connectivity index (χ0) is 14.3. The lowest BCUT2D eigenvalue weighted by atomic mass is 9.88. The first-order chi connectivity index (χ1) is 9.06. The van der Waals surface area contributed by atoms with Gasteiger partial charge in [-0.05, 0) is 24.8 Å². The maximum absolute atomic E-state index is 12.2. The molecule has 3 heteroatoms. The van der Waals surface area contributed by atoms with Crippen molar-refractivity contribution in [2.75, 3.05) is 6.61 Å². The third-order valence-electron chi connectivity index (χ3n) is 3.06. The Kier molecular flexibility index (Phi) is 6.26. The number of esters is 1. The van der Waals surface area contributed by atoms with Crippen molar-refractivity contribution in [3.63, 3.8) is 0 Å². The molecule has 104 valence electrons. The van der Waals surface area contributed by atoms with Crippen molar-refractivity contribution in [2.45, 2.75) is 33.6 Å². The summed E-state index contributed by atoms with van der Waals surface area (Å²) in [4.78, 5) is 24.0. The molecule has 0 bridgehead atoms. The Morgan fingerprint density at radius 2 is 1.79 bits per heavy atom. The summed E-state index contributed by atoms with van der Waals surface area (Å²) in [5, 5.41) is 0. The van der Waals surface area contributed by atoms with Gasteiger partial charge in [0.25, 0.3) is 0 Å². The highest BCUT2D eigenvalue weighted by atomic mass is 16.5. The fourth-order valence-corrected chi connectivity index (χ4v) is 2.08. The standard InChI is InChI=1S/C16H22O3/c1-4-19-16(18)15(12(2)3)14(17)11-10-13-8-6-5-7-9-13/h5-9,12,15H,4,10-11H2,1-3H3. The molecule has 0 aliphatic heterocycles. The minimum atomic E-state index is -0.635. The second-order valence-electron chi connectivity index (χ2n) is 4.93. The zero-order valence-corrected chi connectivity index (χ0v) is 11.9. The first-order valence-corrected chi connectivity index (χ1v) is 6.79. The van der Waals surface area contributed by atoms with Crippen molar-refractivity contribution in [3.05, 3.63) is 35.9 Å². The van der Waals surface area contributed by atoms with Crippen LogP contribution in [0, 0.1) is 11.8 Å². The Labute approximate surface area is 115 Å². The zero-order valence-electron chi connectivity index (χ0n) is 11.9. The van der Waals surface area contributed by atoms with Crippen molar-refractivity contribution < 1.29 is 14.3 Å². The van der Waals surface area contributed by atoms with Gasteiger partial charge in [0.2, 0.25) is 0 Å². The van der Waals surface area contributed by atoms with Crippen LogP contribution < -0.4 is 0 Å². The topological polar surface area (TPSA) is 43.4 Å². The van der Waals surface area contributed by atoms with Crippen LogP contribution >= 0.6 is 0 Å². The molecule has 1 aromatic rings. The highest BCUT2D eigenvalue weighted by Crippen LogP contribution is 2.17. The lowest BCUT2D eigenvalue weighted by molar-refractivity contribution is -0.153. The fraction of sp³-hybridized carbons (Fsp3) is 0.500. The summed E-state index contributed by atoms with van der Waals surface area (Å²) in [5.74, 6) is -1.08. The van der Waals surface area contributed by atoms with Gasteiger partial charge >= 0.3 is 5.97 Å². The number of ether oxygens (including phenoxy) is 1. The molecule has 0 amide bonds. The van der Waals surface area contributed by atoms with Crippen molar-refractivity contribution in [2.24, 2.45) is 11.8 Å². The Balaban J connectivity index is 2.60. The first kappa shape index (κ1) is 15.4. The van der Waals surface area contributed by atoms with Gasteiger partial charge in [0.1, 0.15) is 11.7 Å². The Morgan fingerprint density at radius 3 is 2.32 bits per heavy atom. The highest BCUT2D eigenvalue weighted by molar-refractivity contribution is 5.99. The smallest absolute Gasteiger partial charge is 0.316 e. The SMILES string of the molecule is CCOC(=O)C(C(=O)CCc1ccccc1)C(C)C. The normalized spacial score (nSPS) is 12.2. The van der Waals surface area contributed by atoms with Crippen LogP contribution in [0.2, 0.25) is 0 Å². The van der Waals surface area contributed by atoms with Gasteiger partial charge < -0.3 is 4.74 Å². The van der Waals surface area contributed by atoms with E-state index in [2.05, 4.69) is 0 Å². The lowest BCUT2D eigenvalue weighted by Crippen LogP contribution is -2.31. The number of aryl methyl sites for hydroxylation is 1. The summed E-state index contributed by atoms with van der Waals surface area (Å²) < 4.78 is 4.98. The maximum Gasteiger partial charge on any atom is 0.316 e. The summed E-state index contributed by atoms with van der Waals surface area (Å²) in [5.41, 5.74) is 1.11. The van der Waals surface area contributed by atoms with Crippen LogP contribution in [-0.4, -0.2) is 18.4 Å². The molecule has 0 aromatic heterocycles. The molecule has 0 aliphatic carbocycles. The van der Waals surface area contributed by atoms with E-state index in [1.54, 1.807) is 6.92 Å². The van der Waals surface area contributed by atoms with Gasteiger partial charge in [-0.1, -0.05) is 44.2 Å². The number of hydrogen-bond donors (Lipinski definition) is 0. The third kappa shape index (κ3) is 4.86. The van der Waals surface area contributed by atoms with Crippen LogP contribution in [0.5, 0.6) is 0 Å². The van der Waals surface area contributed by atoms with Gasteiger partial charge in [-0.3, -0.25) is 9.59 Å². The van der Waals surface area contributed by atoms with E-state index < -0.39 is 11.9 Å². The highest BCUT2D eigenvalue weighted by Gasteiger charge is 2.30. The van der Waals surface area contributed by atoms with Crippen LogP contribution in [-0.2, 0) is 20.7 Å². The van der Waals surface area contributed by atoms with Gasteiger partial charge in [-0.25, -0.2) is 0 Å². The molecule has 0 fully saturated rings. The number of rotatable bonds is 7. The monoisotopic (exact) mass is 262 g/mol. The van der Waals surface area contributed by atoms with Gasteiger partial charge in [0, 0.05) is 6.42 Å². The summed E-state index contributed by atoms with van der Waals surface area (Å²) in [6.45, 7) is 5.82. The van der Waals surface area contributed by atoms with E-state index in [0.29, 0.717) is 19.4 Å². The van der Waals surface area contributed by atoms with Gasteiger partial charge in [0.15, 0.2) is 0 Å². The van der Waals surface area contributed by atoms with E-state index in [-0.39, 0.29) is 11.7 Å². The summed E-state index contributed by atoms with van der Waals surface area (Å²) in [6, 6.07) is 9.82. The van der Waals surface area contributed by atoms with E-state index in [1.807, 2.05) is 44.2 Å². The molecule has 0 spiro atoms. The van der Waals surface area contributed by atoms with Crippen LogP contribution in [0.4, 0.5) is 0 Å². The molecule has 1 aromatic carbocycles. The van der Waals surface area contributed by atoms with Gasteiger partial charge in [0.05, 0.1) is 6.61 Å². The molecular weight excluding hydrogens is 240 g/mol. The molecule has 0 aliphatic rings. The molecule has 1 unspecified atom stereocenters. The molecule has 0 saturated carbocycles. The predicted molar refractivity (Wildman–Crippen MR) is 74.7 cm³/mol. The molecule has 0 saturated heterocycles. The van der Waals surface area contributed by atoms with Gasteiger partial charge in [-0.2, -0.15) is 0 Å². The number of ketones is 1. The molecular formula is C16H22O3. The molecule has 3 nitrogen and oxygen atoms in total. The number of Topliss-reactive ketones (excluding diaryl/α,β-unsaturated/α-hetero) is 1. The Morgan fingerprint density at radius 1 is 1.16 bits per heavy atom. The Hall–Kier alpha value is -1.64. The summed E-state index contributed by atoms with van der Waals surface area (Å²) in [7, 11) is 0. The fourth-order valence-electron chi connectivity index (χ4n) is 2.08. The van der Waals surface area contributed by atoms with E-state index in [4.69, 9.17) is 4.74 Å². The minimum Gasteiger partial charge on any atom is -0.465 e. The first-order valence-electron chi connectivity index (χ1n) is 6.79. The minimum absolute atomic E-state index is 0.0256. The second kappa shape index (κ2) is 7.72.